The van der Waals surface area contributed by atoms with Crippen LogP contribution in [0.2, 0.25) is 0 Å². The van der Waals surface area contributed by atoms with Crippen LogP contribution in [0.1, 0.15) is 0 Å². The maximum atomic E-state index is 2.77. The van der Waals surface area contributed by atoms with E-state index in [0.29, 0.717) is 0 Å². The van der Waals surface area contributed by atoms with E-state index in [9.17, 15) is 0 Å². The van der Waals surface area contributed by atoms with Crippen molar-refractivity contribution in [1.29, 1.82) is 0 Å². The molecule has 0 amide bonds. The van der Waals surface area contributed by atoms with Crippen molar-refractivity contribution in [3.05, 3.63) is 48.5 Å². The SMILES string of the molecule is Pc1ccccc1-c1ccccc1P. The molecule has 0 aliphatic heterocycles. The lowest BCUT2D eigenvalue weighted by Gasteiger charge is -2.07. The number of benzene rings is 2. The Labute approximate surface area is 89.1 Å². The number of hydrogen-bond donors (Lipinski definition) is 0. The Morgan fingerprint density at radius 1 is 0.571 bits per heavy atom. The van der Waals surface area contributed by atoms with Crippen molar-refractivity contribution in [2.45, 2.75) is 0 Å². The van der Waals surface area contributed by atoms with Crippen molar-refractivity contribution in [3.8, 4) is 11.1 Å². The Balaban J connectivity index is 2.61. The van der Waals surface area contributed by atoms with Crippen molar-refractivity contribution in [2.24, 2.45) is 0 Å². The van der Waals surface area contributed by atoms with E-state index in [2.05, 4.69) is 67.0 Å². The lowest BCUT2D eigenvalue weighted by atomic mass is 10.1. The fourth-order valence-corrected chi connectivity index (χ4v) is 2.21. The highest BCUT2D eigenvalue weighted by atomic mass is 31.0. The molecule has 0 spiro atoms. The van der Waals surface area contributed by atoms with Gasteiger partial charge in [0.1, 0.15) is 0 Å². The van der Waals surface area contributed by atoms with Crippen LogP contribution in [0, 0.1) is 0 Å². The van der Waals surface area contributed by atoms with Crippen LogP contribution in [0.4, 0.5) is 0 Å². The summed E-state index contributed by atoms with van der Waals surface area (Å²) in [6.07, 6.45) is 0. The van der Waals surface area contributed by atoms with Gasteiger partial charge in [-0.25, -0.2) is 0 Å². The molecule has 0 N–H and O–H groups in total. The summed E-state index contributed by atoms with van der Waals surface area (Å²) in [6.45, 7) is 0. The molecule has 0 bridgehead atoms. The molecule has 0 saturated heterocycles. The zero-order chi connectivity index (χ0) is 9.97. The van der Waals surface area contributed by atoms with Crippen LogP contribution in [0.3, 0.4) is 0 Å². The Hall–Kier alpha value is -0.700. The quantitative estimate of drug-likeness (QED) is 0.644. The predicted octanol–water partition coefficient (Wildman–Crippen LogP) is 2.35. The van der Waals surface area contributed by atoms with E-state index in [1.807, 2.05) is 0 Å². The minimum atomic E-state index is 1.24. The molecule has 0 fully saturated rings. The van der Waals surface area contributed by atoms with E-state index in [4.69, 9.17) is 0 Å². The smallest absolute Gasteiger partial charge is 0.0106 e. The average Bonchev–Trinajstić information content (AvgIpc) is 2.20. The van der Waals surface area contributed by atoms with Gasteiger partial charge in [-0.05, 0) is 21.7 Å². The van der Waals surface area contributed by atoms with Crippen molar-refractivity contribution < 1.29 is 0 Å². The first-order valence-corrected chi connectivity index (χ1v) is 5.64. The molecular weight excluding hydrogens is 206 g/mol. The summed E-state index contributed by atoms with van der Waals surface area (Å²) in [5, 5.41) is 2.48. The third-order valence-electron chi connectivity index (χ3n) is 2.21. The average molecular weight is 218 g/mol. The first-order chi connectivity index (χ1) is 6.79. The highest BCUT2D eigenvalue weighted by molar-refractivity contribution is 7.29. The molecule has 2 rings (SSSR count). The second-order valence-electron chi connectivity index (χ2n) is 3.17. The molecule has 2 unspecified atom stereocenters. The normalized spacial score (nSPS) is 10.1. The summed E-state index contributed by atoms with van der Waals surface area (Å²) in [4.78, 5) is 0. The van der Waals surface area contributed by atoms with Crippen LogP contribution in [0.15, 0.2) is 48.5 Å². The molecule has 0 saturated carbocycles. The van der Waals surface area contributed by atoms with Gasteiger partial charge in [0.25, 0.3) is 0 Å². The number of hydrogen-bond acceptors (Lipinski definition) is 0. The van der Waals surface area contributed by atoms with E-state index in [-0.39, 0.29) is 0 Å². The molecule has 14 heavy (non-hydrogen) atoms. The molecule has 2 atom stereocenters. The Kier molecular flexibility index (Phi) is 2.96. The maximum Gasteiger partial charge on any atom is -0.0106 e. The molecule has 70 valence electrons. The topological polar surface area (TPSA) is 0 Å². The Morgan fingerprint density at radius 3 is 1.29 bits per heavy atom. The number of rotatable bonds is 1. The van der Waals surface area contributed by atoms with Crippen LogP contribution in [-0.2, 0) is 0 Å². The van der Waals surface area contributed by atoms with Crippen molar-refractivity contribution in [3.63, 3.8) is 0 Å². The molecule has 0 heterocycles. The highest BCUT2D eigenvalue weighted by Gasteiger charge is 2.02. The highest BCUT2D eigenvalue weighted by Crippen LogP contribution is 2.18. The van der Waals surface area contributed by atoms with Gasteiger partial charge in [-0.15, -0.1) is 18.5 Å². The van der Waals surface area contributed by atoms with E-state index < -0.39 is 0 Å². The van der Waals surface area contributed by atoms with Crippen LogP contribution in [0.5, 0.6) is 0 Å². The van der Waals surface area contributed by atoms with E-state index >= 15 is 0 Å². The molecule has 2 aromatic rings. The second kappa shape index (κ2) is 4.22. The third-order valence-corrected chi connectivity index (χ3v) is 3.22. The lowest BCUT2D eigenvalue weighted by molar-refractivity contribution is 1.69. The van der Waals surface area contributed by atoms with Crippen LogP contribution in [0.25, 0.3) is 11.1 Å². The summed E-state index contributed by atoms with van der Waals surface area (Å²) in [6, 6.07) is 16.7. The summed E-state index contributed by atoms with van der Waals surface area (Å²) < 4.78 is 0. The Morgan fingerprint density at radius 2 is 0.929 bits per heavy atom. The molecule has 0 aromatic heterocycles. The molecular formula is C12H12P2. The minimum Gasteiger partial charge on any atom is -0.105 e. The lowest BCUT2D eigenvalue weighted by Crippen LogP contribution is -2.02. The molecule has 0 nitrogen and oxygen atoms in total. The largest absolute Gasteiger partial charge is 0.105 e. The van der Waals surface area contributed by atoms with Gasteiger partial charge in [0.05, 0.1) is 0 Å². The van der Waals surface area contributed by atoms with Gasteiger partial charge in [-0.1, -0.05) is 48.5 Å². The summed E-state index contributed by atoms with van der Waals surface area (Å²) >= 11 is 0. The summed E-state index contributed by atoms with van der Waals surface area (Å²) in [5.74, 6) is 0. The van der Waals surface area contributed by atoms with Crippen LogP contribution >= 0.6 is 18.5 Å². The van der Waals surface area contributed by atoms with Crippen LogP contribution < -0.4 is 10.6 Å². The third kappa shape index (κ3) is 1.87. The molecule has 0 radical (unpaired) electrons. The van der Waals surface area contributed by atoms with Crippen molar-refractivity contribution >= 4 is 29.1 Å². The van der Waals surface area contributed by atoms with Crippen LogP contribution in [-0.4, -0.2) is 0 Å². The van der Waals surface area contributed by atoms with Gasteiger partial charge in [-0.3, -0.25) is 0 Å². The Bertz CT molecular complexity index is 406. The summed E-state index contributed by atoms with van der Waals surface area (Å²) in [5.41, 5.74) is 2.56. The monoisotopic (exact) mass is 218 g/mol. The first-order valence-electron chi connectivity index (χ1n) is 4.48. The second-order valence-corrected chi connectivity index (χ2v) is 4.42. The molecule has 0 aliphatic rings. The fraction of sp³-hybridized carbons (Fsp3) is 0. The minimum absolute atomic E-state index is 1.24. The molecule has 2 aromatic carbocycles. The molecule has 2 heteroatoms. The van der Waals surface area contributed by atoms with E-state index in [0.717, 1.165) is 0 Å². The van der Waals surface area contributed by atoms with Crippen molar-refractivity contribution in [1.82, 2.24) is 0 Å². The first kappa shape index (κ1) is 9.84. The molecule has 0 aliphatic carbocycles. The maximum absolute atomic E-state index is 2.77. The standard InChI is InChI=1S/C12H12P2/c13-11-7-3-1-5-9(11)10-6-2-4-8-12(10)14/h1-8H,13-14H2. The van der Waals surface area contributed by atoms with Gasteiger partial charge in [0.2, 0.25) is 0 Å². The zero-order valence-electron chi connectivity index (χ0n) is 7.77. The van der Waals surface area contributed by atoms with Gasteiger partial charge in [0.15, 0.2) is 0 Å². The van der Waals surface area contributed by atoms with Crippen molar-refractivity contribution in [2.75, 3.05) is 0 Å². The fourth-order valence-electron chi connectivity index (χ4n) is 1.48. The van der Waals surface area contributed by atoms with Gasteiger partial charge >= 0.3 is 0 Å². The predicted molar refractivity (Wildman–Crippen MR) is 70.6 cm³/mol. The zero-order valence-corrected chi connectivity index (χ0v) is 10.1. The summed E-state index contributed by atoms with van der Waals surface area (Å²) in [7, 11) is 5.55. The van der Waals surface area contributed by atoms with E-state index in [1.165, 1.54) is 21.7 Å². The van der Waals surface area contributed by atoms with E-state index in [1.54, 1.807) is 0 Å². The van der Waals surface area contributed by atoms with Gasteiger partial charge < -0.3 is 0 Å². The van der Waals surface area contributed by atoms with Gasteiger partial charge in [0, 0.05) is 0 Å². The van der Waals surface area contributed by atoms with Gasteiger partial charge in [-0.2, -0.15) is 0 Å².